The summed E-state index contributed by atoms with van der Waals surface area (Å²) in [4.78, 5) is 36.1. The number of carboxylic acid groups (broad SMARTS) is 2. The first-order valence-electron chi connectivity index (χ1n) is 9.09. The quantitative estimate of drug-likeness (QED) is 0.465. The number of nitro groups is 1. The molecular weight excluding hydrogens is 407 g/mol. The highest BCUT2D eigenvalue weighted by Gasteiger charge is 2.68. The Kier molecular flexibility index (Phi) is 6.25. The van der Waals surface area contributed by atoms with Gasteiger partial charge in [-0.25, -0.2) is 4.39 Å². The number of nitrogens with one attached hydrogen (secondary N) is 1. The Morgan fingerprint density at radius 2 is 1.93 bits per heavy atom. The molecule has 5 atom stereocenters. The van der Waals surface area contributed by atoms with Crippen molar-refractivity contribution in [2.75, 3.05) is 6.67 Å². The number of aliphatic carboxylic acids is 2. The molecule has 1 aliphatic heterocycles. The first kappa shape index (κ1) is 23.0. The largest absolute Gasteiger partial charge is 0.481 e. The second-order valence-electron chi connectivity index (χ2n) is 7.94. The summed E-state index contributed by atoms with van der Waals surface area (Å²) in [6, 6.07) is 1.85. The third-order valence-electron chi connectivity index (χ3n) is 6.42. The molecule has 3 N–H and O–H groups in total. The van der Waals surface area contributed by atoms with Crippen LogP contribution in [0.1, 0.15) is 39.2 Å². The highest BCUT2D eigenvalue weighted by molar-refractivity contribution is 6.32. The smallest absolute Gasteiger partial charge is 0.312 e. The van der Waals surface area contributed by atoms with Crippen molar-refractivity contribution in [1.82, 2.24) is 5.32 Å². The van der Waals surface area contributed by atoms with Gasteiger partial charge < -0.3 is 15.5 Å². The van der Waals surface area contributed by atoms with Crippen LogP contribution in [0.15, 0.2) is 18.2 Å². The molecule has 1 aromatic carbocycles. The van der Waals surface area contributed by atoms with Crippen LogP contribution >= 0.6 is 11.6 Å². The van der Waals surface area contributed by atoms with E-state index in [9.17, 15) is 34.3 Å². The molecule has 160 valence electrons. The first-order valence-corrected chi connectivity index (χ1v) is 9.47. The molecule has 8 nitrogen and oxygen atoms in total. The molecule has 0 saturated carbocycles. The molecule has 2 rings (SSSR count). The molecule has 0 spiro atoms. The average Bonchev–Trinajstić information content (AvgIpc) is 2.61. The lowest BCUT2D eigenvalue weighted by Gasteiger charge is -2.57. The van der Waals surface area contributed by atoms with Gasteiger partial charge >= 0.3 is 11.9 Å². The summed E-state index contributed by atoms with van der Waals surface area (Å²) in [6.07, 6.45) is 0. The molecule has 5 unspecified atom stereocenters. The second-order valence-corrected chi connectivity index (χ2v) is 8.35. The van der Waals surface area contributed by atoms with E-state index in [0.29, 0.717) is 0 Å². The molecule has 1 aliphatic rings. The number of benzene rings is 1. The molecule has 0 amide bonds. The van der Waals surface area contributed by atoms with Crippen molar-refractivity contribution in [3.05, 3.63) is 38.9 Å². The van der Waals surface area contributed by atoms with Gasteiger partial charge in [0.05, 0.1) is 21.8 Å². The van der Waals surface area contributed by atoms with Gasteiger partial charge in [-0.2, -0.15) is 0 Å². The van der Waals surface area contributed by atoms with E-state index < -0.39 is 64.0 Å². The van der Waals surface area contributed by atoms with Gasteiger partial charge in [-0.1, -0.05) is 37.6 Å². The number of nitrogens with zero attached hydrogens (tertiary/aromatic N) is 1. The van der Waals surface area contributed by atoms with Gasteiger partial charge in [0, 0.05) is 17.5 Å². The van der Waals surface area contributed by atoms with Crippen LogP contribution in [0.5, 0.6) is 0 Å². The zero-order valence-electron chi connectivity index (χ0n) is 16.5. The molecule has 0 aromatic heterocycles. The Balaban J connectivity index is 3.06. The number of para-hydroxylation sites is 1. The lowest BCUT2D eigenvalue weighted by molar-refractivity contribution is -0.386. The highest BCUT2D eigenvalue weighted by atomic mass is 35.5. The summed E-state index contributed by atoms with van der Waals surface area (Å²) in [5, 5.41) is 34.8. The van der Waals surface area contributed by atoms with Gasteiger partial charge in [0.15, 0.2) is 0 Å². The number of piperidine rings is 1. The van der Waals surface area contributed by atoms with E-state index in [-0.39, 0.29) is 10.6 Å². The molecule has 1 saturated heterocycles. The summed E-state index contributed by atoms with van der Waals surface area (Å²) < 4.78 is 14.0. The predicted octanol–water partition coefficient (Wildman–Crippen LogP) is 3.48. The van der Waals surface area contributed by atoms with E-state index in [1.54, 1.807) is 13.8 Å². The minimum Gasteiger partial charge on any atom is -0.481 e. The van der Waals surface area contributed by atoms with Gasteiger partial charge in [-0.3, -0.25) is 19.7 Å². The van der Waals surface area contributed by atoms with Gasteiger partial charge in [0.1, 0.15) is 11.7 Å². The van der Waals surface area contributed by atoms with Crippen molar-refractivity contribution in [2.45, 2.75) is 45.7 Å². The SMILES string of the molecule is CC(C)C1(C(=O)O)C(C)NC(CF)C(C)(C(=O)O)C1c1cccc(Cl)c1[N+](=O)[O-]. The van der Waals surface area contributed by atoms with Gasteiger partial charge in [-0.05, 0) is 25.8 Å². The molecule has 29 heavy (non-hydrogen) atoms. The summed E-state index contributed by atoms with van der Waals surface area (Å²) >= 11 is 6.05. The van der Waals surface area contributed by atoms with E-state index >= 15 is 0 Å². The van der Waals surface area contributed by atoms with Crippen LogP contribution in [-0.2, 0) is 9.59 Å². The number of carboxylic acids is 2. The van der Waals surface area contributed by atoms with Gasteiger partial charge in [0.25, 0.3) is 5.69 Å². The maximum Gasteiger partial charge on any atom is 0.312 e. The Morgan fingerprint density at radius 1 is 1.34 bits per heavy atom. The van der Waals surface area contributed by atoms with E-state index in [2.05, 4.69) is 5.32 Å². The van der Waals surface area contributed by atoms with Crippen LogP contribution < -0.4 is 5.32 Å². The zero-order chi connectivity index (χ0) is 22.3. The van der Waals surface area contributed by atoms with Crippen molar-refractivity contribution < 1.29 is 29.1 Å². The standard InChI is InChI=1S/C19H24ClFN2O6/c1-9(2)19(17(26)27)10(3)22-13(8-21)18(4,16(24)25)15(19)11-6-5-7-12(20)14(11)23(28)29/h5-7,9-10,13,15,22H,8H2,1-4H3,(H,24,25)(H,26,27). The highest BCUT2D eigenvalue weighted by Crippen LogP contribution is 2.60. The Labute approximate surface area is 172 Å². The van der Waals surface area contributed by atoms with Crippen molar-refractivity contribution in [3.8, 4) is 0 Å². The Morgan fingerprint density at radius 3 is 2.34 bits per heavy atom. The average molecular weight is 431 g/mol. The van der Waals surface area contributed by atoms with Crippen molar-refractivity contribution in [1.29, 1.82) is 0 Å². The van der Waals surface area contributed by atoms with Crippen LogP contribution in [0, 0.1) is 26.9 Å². The topological polar surface area (TPSA) is 130 Å². The van der Waals surface area contributed by atoms with Crippen molar-refractivity contribution in [2.24, 2.45) is 16.7 Å². The van der Waals surface area contributed by atoms with Crippen LogP contribution in [0.25, 0.3) is 0 Å². The molecular formula is C19H24ClFN2O6. The molecule has 10 heteroatoms. The maximum absolute atomic E-state index is 14.0. The molecule has 0 radical (unpaired) electrons. The van der Waals surface area contributed by atoms with Crippen LogP contribution in [0.4, 0.5) is 10.1 Å². The number of hydrogen-bond acceptors (Lipinski definition) is 5. The summed E-state index contributed by atoms with van der Waals surface area (Å²) in [5.74, 6) is -4.85. The summed E-state index contributed by atoms with van der Waals surface area (Å²) in [7, 11) is 0. The Bertz CT molecular complexity index is 850. The van der Waals surface area contributed by atoms with Crippen molar-refractivity contribution >= 4 is 29.2 Å². The monoisotopic (exact) mass is 430 g/mol. The van der Waals surface area contributed by atoms with E-state index in [4.69, 9.17) is 11.6 Å². The van der Waals surface area contributed by atoms with E-state index in [1.165, 1.54) is 32.0 Å². The maximum atomic E-state index is 14.0. The minimum atomic E-state index is -2.00. The fraction of sp³-hybridized carbons (Fsp3) is 0.579. The Hall–Kier alpha value is -2.26. The zero-order valence-corrected chi connectivity index (χ0v) is 17.2. The first-order chi connectivity index (χ1) is 13.4. The van der Waals surface area contributed by atoms with E-state index in [1.807, 2.05) is 0 Å². The van der Waals surface area contributed by atoms with Gasteiger partial charge in [-0.15, -0.1) is 0 Å². The predicted molar refractivity (Wildman–Crippen MR) is 104 cm³/mol. The fourth-order valence-electron chi connectivity index (χ4n) is 4.96. The molecule has 1 fully saturated rings. The normalized spacial score (nSPS) is 32.2. The molecule has 0 bridgehead atoms. The van der Waals surface area contributed by atoms with Crippen LogP contribution in [0.3, 0.4) is 0 Å². The lowest BCUT2D eigenvalue weighted by atomic mass is 9.49. The number of carbonyl (C=O) groups is 2. The molecule has 1 aromatic rings. The van der Waals surface area contributed by atoms with E-state index in [0.717, 1.165) is 0 Å². The minimum absolute atomic E-state index is 0.129. The second kappa shape index (κ2) is 7.87. The number of halogens is 2. The van der Waals surface area contributed by atoms with Gasteiger partial charge in [0.2, 0.25) is 0 Å². The van der Waals surface area contributed by atoms with Crippen molar-refractivity contribution in [3.63, 3.8) is 0 Å². The third-order valence-corrected chi connectivity index (χ3v) is 6.73. The molecule has 0 aliphatic carbocycles. The van der Waals surface area contributed by atoms with Crippen LogP contribution in [0.2, 0.25) is 5.02 Å². The number of rotatable bonds is 6. The number of nitro benzene ring substituents is 1. The third kappa shape index (κ3) is 3.16. The number of hydrogen-bond donors (Lipinski definition) is 3. The number of alkyl halides is 1. The summed E-state index contributed by atoms with van der Waals surface area (Å²) in [5.41, 5.74) is -4.48. The lowest BCUT2D eigenvalue weighted by Crippen LogP contribution is -2.71. The fourth-order valence-corrected chi connectivity index (χ4v) is 5.22. The molecule has 1 heterocycles. The summed E-state index contributed by atoms with van der Waals surface area (Å²) in [6.45, 7) is 4.88. The van der Waals surface area contributed by atoms with Crippen LogP contribution in [-0.4, -0.2) is 45.8 Å².